The van der Waals surface area contributed by atoms with Crippen molar-refractivity contribution in [3.8, 4) is 5.75 Å². The van der Waals surface area contributed by atoms with Crippen molar-refractivity contribution in [1.82, 2.24) is 5.32 Å². The molecule has 0 spiro atoms. The minimum Gasteiger partial charge on any atom is -0.491 e. The summed E-state index contributed by atoms with van der Waals surface area (Å²) in [5.74, 6) is 1.77. The Kier molecular flexibility index (Phi) is 4.22. The van der Waals surface area contributed by atoms with Crippen molar-refractivity contribution in [2.75, 3.05) is 13.7 Å². The van der Waals surface area contributed by atoms with Crippen LogP contribution in [0.15, 0.2) is 42.5 Å². The summed E-state index contributed by atoms with van der Waals surface area (Å²) in [6.07, 6.45) is 5.42. The molecule has 3 rings (SSSR count). The third-order valence-corrected chi connectivity index (χ3v) is 4.51. The molecule has 2 aromatic rings. The van der Waals surface area contributed by atoms with Crippen molar-refractivity contribution < 1.29 is 4.74 Å². The molecule has 0 amide bonds. The Morgan fingerprint density at radius 1 is 1.10 bits per heavy atom. The Morgan fingerprint density at radius 3 is 2.65 bits per heavy atom. The first-order valence-electron chi connectivity index (χ1n) is 7.66. The van der Waals surface area contributed by atoms with Crippen LogP contribution in [-0.2, 0) is 0 Å². The van der Waals surface area contributed by atoms with Gasteiger partial charge in [0.2, 0.25) is 0 Å². The lowest BCUT2D eigenvalue weighted by atomic mass is 9.99. The number of benzene rings is 2. The van der Waals surface area contributed by atoms with Gasteiger partial charge >= 0.3 is 0 Å². The van der Waals surface area contributed by atoms with Crippen molar-refractivity contribution in [1.29, 1.82) is 0 Å². The maximum Gasteiger partial charge on any atom is 0.127 e. The molecular formula is C18H23NO. The Bertz CT molecular complexity index is 555. The molecule has 2 aromatic carbocycles. The highest BCUT2D eigenvalue weighted by Gasteiger charge is 2.24. The lowest BCUT2D eigenvalue weighted by Gasteiger charge is -2.23. The van der Waals surface area contributed by atoms with Gasteiger partial charge in [-0.25, -0.2) is 0 Å². The second-order valence-electron chi connectivity index (χ2n) is 5.73. The predicted molar refractivity (Wildman–Crippen MR) is 84.2 cm³/mol. The van der Waals surface area contributed by atoms with Crippen LogP contribution in [0, 0.1) is 5.92 Å². The maximum atomic E-state index is 6.12. The number of likely N-dealkylation sites (N-methyl/N-ethyl adjacent to an activating group) is 1. The minimum absolute atomic E-state index is 0.469. The number of rotatable bonds is 5. The summed E-state index contributed by atoms with van der Waals surface area (Å²) >= 11 is 0. The molecule has 1 aliphatic carbocycles. The maximum absolute atomic E-state index is 6.12. The van der Waals surface area contributed by atoms with E-state index in [9.17, 15) is 0 Å². The first kappa shape index (κ1) is 13.4. The fourth-order valence-electron chi connectivity index (χ4n) is 3.32. The molecule has 1 aliphatic rings. The molecule has 2 nitrogen and oxygen atoms in total. The fraction of sp³-hybridized carbons (Fsp3) is 0.444. The molecule has 0 bridgehead atoms. The van der Waals surface area contributed by atoms with E-state index < -0.39 is 0 Å². The average Bonchev–Trinajstić information content (AvgIpc) is 3.02. The number of fused-ring (bicyclic) bond motifs is 1. The molecule has 1 unspecified atom stereocenters. The van der Waals surface area contributed by atoms with Crippen LogP contribution in [0.5, 0.6) is 5.75 Å². The molecule has 1 atom stereocenters. The monoisotopic (exact) mass is 269 g/mol. The van der Waals surface area contributed by atoms with Gasteiger partial charge < -0.3 is 10.1 Å². The van der Waals surface area contributed by atoms with Gasteiger partial charge in [0, 0.05) is 11.4 Å². The van der Waals surface area contributed by atoms with Gasteiger partial charge in [-0.1, -0.05) is 49.2 Å². The van der Waals surface area contributed by atoms with Gasteiger partial charge in [-0.15, -0.1) is 0 Å². The van der Waals surface area contributed by atoms with Crippen molar-refractivity contribution in [3.05, 3.63) is 42.5 Å². The zero-order chi connectivity index (χ0) is 13.8. The number of nitrogens with one attached hydrogen (secondary N) is 1. The summed E-state index contributed by atoms with van der Waals surface area (Å²) in [6, 6.07) is 15.2. The molecule has 0 saturated heterocycles. The van der Waals surface area contributed by atoms with E-state index in [1.165, 1.54) is 36.5 Å². The Balaban J connectivity index is 1.72. The van der Waals surface area contributed by atoms with E-state index in [0.29, 0.717) is 6.04 Å². The molecular weight excluding hydrogens is 246 g/mol. The van der Waals surface area contributed by atoms with Crippen LogP contribution in [-0.4, -0.2) is 19.7 Å². The molecule has 1 saturated carbocycles. The summed E-state index contributed by atoms with van der Waals surface area (Å²) in [7, 11) is 2.05. The number of hydrogen-bond acceptors (Lipinski definition) is 2. The Labute approximate surface area is 121 Å². The number of ether oxygens (including phenoxy) is 1. The second kappa shape index (κ2) is 6.27. The first-order chi connectivity index (χ1) is 9.88. The van der Waals surface area contributed by atoms with Crippen LogP contribution in [0.25, 0.3) is 10.8 Å². The van der Waals surface area contributed by atoms with E-state index in [1.54, 1.807) is 0 Å². The summed E-state index contributed by atoms with van der Waals surface area (Å²) < 4.78 is 6.12. The lowest BCUT2D eigenvalue weighted by Crippen LogP contribution is -2.37. The highest BCUT2D eigenvalue weighted by molar-refractivity contribution is 5.88. The Morgan fingerprint density at radius 2 is 1.85 bits per heavy atom. The van der Waals surface area contributed by atoms with Crippen LogP contribution < -0.4 is 10.1 Å². The van der Waals surface area contributed by atoms with Crippen molar-refractivity contribution in [3.63, 3.8) is 0 Å². The zero-order valence-electron chi connectivity index (χ0n) is 12.1. The van der Waals surface area contributed by atoms with E-state index >= 15 is 0 Å². The van der Waals surface area contributed by atoms with Gasteiger partial charge in [-0.2, -0.15) is 0 Å². The van der Waals surface area contributed by atoms with E-state index in [4.69, 9.17) is 4.74 Å². The van der Waals surface area contributed by atoms with Gasteiger partial charge in [0.15, 0.2) is 0 Å². The van der Waals surface area contributed by atoms with Gasteiger partial charge in [-0.05, 0) is 37.3 Å². The van der Waals surface area contributed by atoms with Crippen LogP contribution in [0.3, 0.4) is 0 Å². The normalized spacial score (nSPS) is 17.4. The Hall–Kier alpha value is -1.54. The van der Waals surface area contributed by atoms with Crippen LogP contribution >= 0.6 is 0 Å². The van der Waals surface area contributed by atoms with Gasteiger partial charge in [0.25, 0.3) is 0 Å². The molecule has 1 N–H and O–H groups in total. The van der Waals surface area contributed by atoms with Crippen molar-refractivity contribution in [2.24, 2.45) is 5.92 Å². The molecule has 2 heteroatoms. The highest BCUT2D eigenvalue weighted by atomic mass is 16.5. The van der Waals surface area contributed by atoms with Gasteiger partial charge in [-0.3, -0.25) is 0 Å². The van der Waals surface area contributed by atoms with E-state index in [1.807, 2.05) is 0 Å². The van der Waals surface area contributed by atoms with Crippen molar-refractivity contribution in [2.45, 2.75) is 31.7 Å². The molecule has 0 heterocycles. The summed E-state index contributed by atoms with van der Waals surface area (Å²) in [4.78, 5) is 0. The second-order valence-corrected chi connectivity index (χ2v) is 5.73. The molecule has 0 aromatic heterocycles. The molecule has 20 heavy (non-hydrogen) atoms. The van der Waals surface area contributed by atoms with E-state index in [0.717, 1.165) is 18.3 Å². The van der Waals surface area contributed by atoms with Crippen LogP contribution in [0.1, 0.15) is 25.7 Å². The predicted octanol–water partition coefficient (Wildman–Crippen LogP) is 4.00. The van der Waals surface area contributed by atoms with E-state index in [-0.39, 0.29) is 0 Å². The molecule has 0 radical (unpaired) electrons. The average molecular weight is 269 g/mol. The largest absolute Gasteiger partial charge is 0.491 e. The molecule has 0 aliphatic heterocycles. The topological polar surface area (TPSA) is 21.3 Å². The zero-order valence-corrected chi connectivity index (χ0v) is 12.1. The first-order valence-corrected chi connectivity index (χ1v) is 7.66. The third kappa shape index (κ3) is 2.80. The third-order valence-electron chi connectivity index (χ3n) is 4.51. The quantitative estimate of drug-likeness (QED) is 0.886. The van der Waals surface area contributed by atoms with Crippen LogP contribution in [0.2, 0.25) is 0 Å². The smallest absolute Gasteiger partial charge is 0.127 e. The molecule has 106 valence electrons. The van der Waals surface area contributed by atoms with Crippen LogP contribution in [0.4, 0.5) is 0 Å². The standard InChI is InChI=1S/C18H23NO/c1-19-17(15-8-2-3-9-15)13-20-18-12-6-10-14-7-4-5-11-16(14)18/h4-7,10-12,15,17,19H,2-3,8-9,13H2,1H3. The summed E-state index contributed by atoms with van der Waals surface area (Å²) in [5.41, 5.74) is 0. The van der Waals surface area contributed by atoms with E-state index in [2.05, 4.69) is 54.8 Å². The highest BCUT2D eigenvalue weighted by Crippen LogP contribution is 2.29. The molecule has 1 fully saturated rings. The van der Waals surface area contributed by atoms with Gasteiger partial charge in [0.05, 0.1) is 0 Å². The minimum atomic E-state index is 0.469. The summed E-state index contributed by atoms with van der Waals surface area (Å²) in [6.45, 7) is 0.759. The fourth-order valence-corrected chi connectivity index (χ4v) is 3.32. The van der Waals surface area contributed by atoms with Crippen molar-refractivity contribution >= 4 is 10.8 Å². The lowest BCUT2D eigenvalue weighted by molar-refractivity contribution is 0.227. The SMILES string of the molecule is CNC(COc1cccc2ccccc12)C1CCCC1. The number of hydrogen-bond donors (Lipinski definition) is 1. The summed E-state index contributed by atoms with van der Waals surface area (Å²) in [5, 5.41) is 5.88. The van der Waals surface area contributed by atoms with Gasteiger partial charge in [0.1, 0.15) is 12.4 Å².